The first kappa shape index (κ1) is 54.2. The van der Waals surface area contributed by atoms with Gasteiger partial charge in [0.05, 0.1) is 21.7 Å². The Morgan fingerprint density at radius 1 is 0.585 bits per heavy atom. The minimum absolute atomic E-state index is 0.0466. The van der Waals surface area contributed by atoms with E-state index >= 15 is 0 Å². The molecule has 0 saturated carbocycles. The monoisotopic (exact) mass is 927 g/mol. The third-order valence-electron chi connectivity index (χ3n) is 9.82. The van der Waals surface area contributed by atoms with E-state index in [4.69, 9.17) is 28.4 Å². The van der Waals surface area contributed by atoms with E-state index in [2.05, 4.69) is 16.0 Å². The zero-order chi connectivity index (χ0) is 48.9. The van der Waals surface area contributed by atoms with Crippen molar-refractivity contribution in [3.05, 3.63) is 71.8 Å². The van der Waals surface area contributed by atoms with Crippen LogP contribution in [0.15, 0.2) is 60.7 Å². The molecule has 0 bridgehead atoms. The lowest BCUT2D eigenvalue weighted by molar-refractivity contribution is -0.264. The first-order valence-electron chi connectivity index (χ1n) is 21.7. The Kier molecular flexibility index (Phi) is 19.5. The molecule has 0 aromatic heterocycles. The van der Waals surface area contributed by atoms with Crippen molar-refractivity contribution in [1.29, 1.82) is 0 Å². The van der Waals surface area contributed by atoms with E-state index in [1.165, 1.54) is 11.8 Å². The lowest BCUT2D eigenvalue weighted by Gasteiger charge is -2.46. The van der Waals surface area contributed by atoms with Gasteiger partial charge in [-0.05, 0) is 113 Å². The molecule has 3 amide bonds. The standard InChI is InChI=1S/C48H69N3O13S/c1-45(2,3)40(54)59-28-33-34(62-41(55)46(4,5)6)35(63-42(56)47(7,8)9)36(64-43(57)48(10,11)12)39(61-33)51-37(52)31(24-25-65-13)49-38(53)32(26-29-20-16-14-17-21-29)50-44(58)60-27-30-22-18-15-19-23-30/h14-23,31-36,39H,24-28H2,1-13H3,(H,49,53)(H,50,58)(H,51,52)/t31-,32-,33+,34-,35-,36+,39+/m0/s1. The highest BCUT2D eigenvalue weighted by atomic mass is 32.2. The van der Waals surface area contributed by atoms with Gasteiger partial charge in [0, 0.05) is 6.42 Å². The molecule has 7 atom stereocenters. The SMILES string of the molecule is CSCC[C@H](NC(=O)[C@H](Cc1ccccc1)NC(=O)OCc1ccccc1)C(=O)N[C@@H]1O[C@H](COC(=O)C(C)(C)C)[C@H](OC(=O)C(C)(C)C)[C@H](OC(=O)C(C)(C)C)[C@H]1OC(=O)C(C)(C)C. The molecule has 3 rings (SSSR count). The summed E-state index contributed by atoms with van der Waals surface area (Å²) in [6.07, 6.45) is -6.70. The molecule has 1 aliphatic rings. The van der Waals surface area contributed by atoms with Crippen LogP contribution in [-0.4, -0.2) is 103 Å². The second-order valence-electron chi connectivity index (χ2n) is 20.1. The second-order valence-corrected chi connectivity index (χ2v) is 21.1. The lowest BCUT2D eigenvalue weighted by atomic mass is 9.92. The molecule has 3 N–H and O–H groups in total. The van der Waals surface area contributed by atoms with E-state index < -0.39 is 113 Å². The van der Waals surface area contributed by atoms with Crippen molar-refractivity contribution in [3.63, 3.8) is 0 Å². The molecular weight excluding hydrogens is 859 g/mol. The molecule has 2 aromatic carbocycles. The van der Waals surface area contributed by atoms with Crippen LogP contribution in [0.3, 0.4) is 0 Å². The number of carbonyl (C=O) groups is 7. The van der Waals surface area contributed by atoms with Crippen LogP contribution in [0.25, 0.3) is 0 Å². The number of esters is 4. The van der Waals surface area contributed by atoms with Gasteiger partial charge in [0.15, 0.2) is 24.5 Å². The fourth-order valence-electron chi connectivity index (χ4n) is 5.83. The molecular formula is C48H69N3O13S. The smallest absolute Gasteiger partial charge is 0.408 e. The summed E-state index contributed by atoms with van der Waals surface area (Å²) in [5.41, 5.74) is -2.83. The van der Waals surface area contributed by atoms with Gasteiger partial charge in [-0.3, -0.25) is 28.8 Å². The normalized spacial score (nSPS) is 19.9. The molecule has 0 unspecified atom stereocenters. The van der Waals surface area contributed by atoms with E-state index in [0.717, 1.165) is 11.1 Å². The Hall–Kier alpha value is -5.16. The summed E-state index contributed by atoms with van der Waals surface area (Å²) >= 11 is 1.41. The lowest BCUT2D eigenvalue weighted by Crippen LogP contribution is -2.68. The average Bonchev–Trinajstić information content (AvgIpc) is 3.21. The Balaban J connectivity index is 2.09. The highest BCUT2D eigenvalue weighted by molar-refractivity contribution is 7.98. The number of thioether (sulfide) groups is 1. The third-order valence-corrected chi connectivity index (χ3v) is 10.5. The second kappa shape index (κ2) is 23.3. The minimum atomic E-state index is -1.65. The number of alkyl carbamates (subject to hydrolysis) is 1. The van der Waals surface area contributed by atoms with Crippen molar-refractivity contribution in [2.24, 2.45) is 21.7 Å². The van der Waals surface area contributed by atoms with Gasteiger partial charge in [0.1, 0.15) is 31.4 Å². The molecule has 0 aliphatic carbocycles. The van der Waals surface area contributed by atoms with Crippen molar-refractivity contribution >= 4 is 53.5 Å². The summed E-state index contributed by atoms with van der Waals surface area (Å²) in [5.74, 6) is -4.01. The minimum Gasteiger partial charge on any atom is -0.462 e. The number of hydrogen-bond acceptors (Lipinski definition) is 14. The van der Waals surface area contributed by atoms with Crippen molar-refractivity contribution in [1.82, 2.24) is 16.0 Å². The number of carbonyl (C=O) groups excluding carboxylic acids is 7. The van der Waals surface area contributed by atoms with Crippen LogP contribution in [0.5, 0.6) is 0 Å². The van der Waals surface area contributed by atoms with E-state index in [1.807, 2.05) is 18.4 Å². The van der Waals surface area contributed by atoms with Gasteiger partial charge < -0.3 is 44.4 Å². The first-order chi connectivity index (χ1) is 30.1. The fourth-order valence-corrected chi connectivity index (χ4v) is 6.30. The van der Waals surface area contributed by atoms with E-state index in [-0.39, 0.29) is 19.4 Å². The molecule has 1 fully saturated rings. The molecule has 1 heterocycles. The van der Waals surface area contributed by atoms with Crippen LogP contribution < -0.4 is 16.0 Å². The predicted molar refractivity (Wildman–Crippen MR) is 244 cm³/mol. The maximum absolute atomic E-state index is 14.6. The van der Waals surface area contributed by atoms with Crippen molar-refractivity contribution < 1.29 is 62.0 Å². The van der Waals surface area contributed by atoms with Gasteiger partial charge in [-0.15, -0.1) is 0 Å². The number of nitrogens with one attached hydrogen (secondary N) is 3. The number of rotatable bonds is 17. The summed E-state index contributed by atoms with van der Waals surface area (Å²) in [7, 11) is 0. The molecule has 17 heteroatoms. The number of benzene rings is 2. The summed E-state index contributed by atoms with van der Waals surface area (Å²) in [4.78, 5) is 96.1. The van der Waals surface area contributed by atoms with Crippen molar-refractivity contribution in [3.8, 4) is 0 Å². The predicted octanol–water partition coefficient (Wildman–Crippen LogP) is 6.07. The Labute approximate surface area is 387 Å². The summed E-state index contributed by atoms with van der Waals surface area (Å²) in [5, 5.41) is 8.18. The van der Waals surface area contributed by atoms with Gasteiger partial charge >= 0.3 is 30.0 Å². The summed E-state index contributed by atoms with van der Waals surface area (Å²) < 4.78 is 35.7. The van der Waals surface area contributed by atoms with Crippen LogP contribution in [0, 0.1) is 21.7 Å². The van der Waals surface area contributed by atoms with E-state index in [9.17, 15) is 33.6 Å². The molecule has 65 heavy (non-hydrogen) atoms. The molecule has 1 aliphatic heterocycles. The molecule has 0 spiro atoms. The van der Waals surface area contributed by atoms with E-state index in [1.54, 1.807) is 132 Å². The highest BCUT2D eigenvalue weighted by Gasteiger charge is 2.55. The molecule has 2 aromatic rings. The zero-order valence-corrected chi connectivity index (χ0v) is 40.9. The van der Waals surface area contributed by atoms with Crippen LogP contribution >= 0.6 is 11.8 Å². The number of amides is 3. The number of ether oxygens (including phenoxy) is 6. The average molecular weight is 928 g/mol. The Morgan fingerprint density at radius 2 is 1.06 bits per heavy atom. The maximum Gasteiger partial charge on any atom is 0.408 e. The van der Waals surface area contributed by atoms with Gasteiger partial charge in [-0.2, -0.15) is 11.8 Å². The quantitative estimate of drug-likeness (QED) is 0.122. The topological polar surface area (TPSA) is 211 Å². The highest BCUT2D eigenvalue weighted by Crippen LogP contribution is 2.34. The van der Waals surface area contributed by atoms with Gasteiger partial charge in [0.2, 0.25) is 11.8 Å². The van der Waals surface area contributed by atoms with Crippen LogP contribution in [0.4, 0.5) is 4.79 Å². The molecule has 16 nitrogen and oxygen atoms in total. The zero-order valence-electron chi connectivity index (χ0n) is 40.1. The third kappa shape index (κ3) is 17.3. The van der Waals surface area contributed by atoms with Gasteiger partial charge in [-0.1, -0.05) is 60.7 Å². The summed E-state index contributed by atoms with van der Waals surface area (Å²) in [6, 6.07) is 15.5. The van der Waals surface area contributed by atoms with Crippen LogP contribution in [0.2, 0.25) is 0 Å². The number of hydrogen-bond donors (Lipinski definition) is 3. The molecule has 1 saturated heterocycles. The Bertz CT molecular complexity index is 1930. The van der Waals surface area contributed by atoms with Crippen molar-refractivity contribution in [2.75, 3.05) is 18.6 Å². The van der Waals surface area contributed by atoms with Gasteiger partial charge in [-0.25, -0.2) is 4.79 Å². The molecule has 0 radical (unpaired) electrons. The van der Waals surface area contributed by atoms with Crippen LogP contribution in [-0.2, 0) is 70.2 Å². The Morgan fingerprint density at radius 3 is 1.55 bits per heavy atom. The van der Waals surface area contributed by atoms with E-state index in [0.29, 0.717) is 5.75 Å². The van der Waals surface area contributed by atoms with Gasteiger partial charge in [0.25, 0.3) is 0 Å². The molecule has 360 valence electrons. The summed E-state index contributed by atoms with van der Waals surface area (Å²) in [6.45, 7) is 18.8. The van der Waals surface area contributed by atoms with Crippen LogP contribution in [0.1, 0.15) is 101 Å². The maximum atomic E-state index is 14.6. The first-order valence-corrected chi connectivity index (χ1v) is 23.1. The van der Waals surface area contributed by atoms with Crippen molar-refractivity contribution in [2.45, 2.75) is 145 Å². The fraction of sp³-hybridized carbons (Fsp3) is 0.604. The largest absolute Gasteiger partial charge is 0.462 e.